The fourth-order valence-electron chi connectivity index (χ4n) is 1.15. The van der Waals surface area contributed by atoms with E-state index >= 15 is 0 Å². The van der Waals surface area contributed by atoms with Crippen LogP contribution in [-0.4, -0.2) is 24.3 Å². The highest BCUT2D eigenvalue weighted by Crippen LogP contribution is 2.15. The van der Waals surface area contributed by atoms with Gasteiger partial charge in [-0.05, 0) is 6.42 Å². The predicted octanol–water partition coefficient (Wildman–Crippen LogP) is 0.618. The first kappa shape index (κ1) is 4.13. The lowest BCUT2D eigenvalue weighted by Crippen LogP contribution is -2.14. The Balaban J connectivity index is 2.31. The predicted molar refractivity (Wildman–Crippen MR) is 32.8 cm³/mol. The lowest BCUT2D eigenvalue weighted by atomic mass is 10.4. The monoisotopic (exact) mass is 108 g/mol. The van der Waals surface area contributed by atoms with Crippen LogP contribution in [0.1, 0.15) is 6.42 Å². The quantitative estimate of drug-likeness (QED) is 0.444. The second kappa shape index (κ2) is 1.34. The van der Waals surface area contributed by atoms with Crippen LogP contribution in [-0.2, 0) is 0 Å². The van der Waals surface area contributed by atoms with Gasteiger partial charge in [-0.15, -0.1) is 0 Å². The molecule has 0 N–H and O–H groups in total. The molecule has 8 heavy (non-hydrogen) atoms. The number of aliphatic imine (C=N–C) groups is 1. The lowest BCUT2D eigenvalue weighted by molar-refractivity contribution is 0.424. The molecule has 0 amide bonds. The molecule has 2 aliphatic rings. The highest BCUT2D eigenvalue weighted by molar-refractivity contribution is 5.80. The Morgan fingerprint density at radius 2 is 2.62 bits per heavy atom. The highest BCUT2D eigenvalue weighted by atomic mass is 15.2. The van der Waals surface area contributed by atoms with E-state index < -0.39 is 0 Å². The van der Waals surface area contributed by atoms with Crippen LogP contribution < -0.4 is 0 Å². The molecule has 0 bridgehead atoms. The SMILES string of the molecule is C1=NCN2CCC=C12. The van der Waals surface area contributed by atoms with Gasteiger partial charge in [0.25, 0.3) is 0 Å². The number of hydrogen-bond donors (Lipinski definition) is 0. The number of nitrogens with zero attached hydrogens (tertiary/aromatic N) is 2. The zero-order valence-electron chi connectivity index (χ0n) is 4.67. The summed E-state index contributed by atoms with van der Waals surface area (Å²) in [6.07, 6.45) is 5.39. The number of rotatable bonds is 0. The van der Waals surface area contributed by atoms with Crippen LogP contribution in [0.5, 0.6) is 0 Å². The molecule has 2 nitrogen and oxygen atoms in total. The maximum atomic E-state index is 4.10. The van der Waals surface area contributed by atoms with E-state index in [0.29, 0.717) is 0 Å². The summed E-state index contributed by atoms with van der Waals surface area (Å²) in [6, 6.07) is 0. The Labute approximate surface area is 48.5 Å². The van der Waals surface area contributed by atoms with Crippen molar-refractivity contribution in [2.24, 2.45) is 4.99 Å². The van der Waals surface area contributed by atoms with Crippen LogP contribution in [0, 0.1) is 0 Å². The maximum absolute atomic E-state index is 4.10. The van der Waals surface area contributed by atoms with E-state index in [1.807, 2.05) is 6.21 Å². The number of allylic oxidation sites excluding steroid dienone is 1. The Morgan fingerprint density at radius 1 is 1.62 bits per heavy atom. The Morgan fingerprint density at radius 3 is 3.50 bits per heavy atom. The van der Waals surface area contributed by atoms with Gasteiger partial charge in [-0.3, -0.25) is 4.99 Å². The van der Waals surface area contributed by atoms with Crippen LogP contribution in [0.15, 0.2) is 16.8 Å². The molecule has 0 saturated heterocycles. The molecular formula is C6H8N2. The van der Waals surface area contributed by atoms with E-state index in [1.165, 1.54) is 18.7 Å². The normalized spacial score (nSPS) is 24.0. The fraction of sp³-hybridized carbons (Fsp3) is 0.500. The third-order valence-electron chi connectivity index (χ3n) is 1.59. The van der Waals surface area contributed by atoms with E-state index in [4.69, 9.17) is 0 Å². The molecule has 2 aliphatic heterocycles. The summed E-state index contributed by atoms with van der Waals surface area (Å²) in [4.78, 5) is 6.38. The summed E-state index contributed by atoms with van der Waals surface area (Å²) in [6.45, 7) is 2.07. The zero-order valence-corrected chi connectivity index (χ0v) is 4.67. The van der Waals surface area contributed by atoms with Crippen LogP contribution in [0.2, 0.25) is 0 Å². The molecule has 0 radical (unpaired) electrons. The van der Waals surface area contributed by atoms with Crippen LogP contribution in [0.3, 0.4) is 0 Å². The molecule has 0 spiro atoms. The summed E-state index contributed by atoms with van der Waals surface area (Å²) in [5.41, 5.74) is 1.32. The topological polar surface area (TPSA) is 15.6 Å². The standard InChI is InChI=1S/C6H8N2/c1-2-6-4-7-5-8(6)3-1/h2,4H,1,3,5H2. The minimum Gasteiger partial charge on any atom is -0.351 e. The van der Waals surface area contributed by atoms with Crippen molar-refractivity contribution in [3.63, 3.8) is 0 Å². The number of fused-ring (bicyclic) bond motifs is 1. The van der Waals surface area contributed by atoms with Crippen molar-refractivity contribution in [3.8, 4) is 0 Å². The average molecular weight is 108 g/mol. The molecule has 0 saturated carbocycles. The third kappa shape index (κ3) is 0.399. The molecule has 0 fully saturated rings. The molecule has 2 rings (SSSR count). The van der Waals surface area contributed by atoms with Gasteiger partial charge in [0.05, 0.1) is 5.70 Å². The second-order valence-corrected chi connectivity index (χ2v) is 2.13. The average Bonchev–Trinajstić information content (AvgIpc) is 2.15. The summed E-state index contributed by atoms with van der Waals surface area (Å²) >= 11 is 0. The van der Waals surface area contributed by atoms with Gasteiger partial charge >= 0.3 is 0 Å². The van der Waals surface area contributed by atoms with Crippen molar-refractivity contribution in [3.05, 3.63) is 11.8 Å². The first-order chi connectivity index (χ1) is 3.97. The third-order valence-corrected chi connectivity index (χ3v) is 1.59. The van der Waals surface area contributed by atoms with Gasteiger partial charge in [0.15, 0.2) is 0 Å². The zero-order chi connectivity index (χ0) is 5.40. The first-order valence-electron chi connectivity index (χ1n) is 2.92. The van der Waals surface area contributed by atoms with Crippen molar-refractivity contribution < 1.29 is 0 Å². The Kier molecular flexibility index (Phi) is 0.692. The summed E-state index contributed by atoms with van der Waals surface area (Å²) in [7, 11) is 0. The molecule has 2 heterocycles. The first-order valence-corrected chi connectivity index (χ1v) is 2.92. The van der Waals surface area contributed by atoms with Gasteiger partial charge in [0, 0.05) is 12.8 Å². The molecule has 0 aromatic heterocycles. The van der Waals surface area contributed by atoms with E-state index in [2.05, 4.69) is 16.0 Å². The summed E-state index contributed by atoms with van der Waals surface area (Å²) in [5.74, 6) is 0. The van der Waals surface area contributed by atoms with Crippen molar-refractivity contribution in [2.45, 2.75) is 6.42 Å². The fourth-order valence-corrected chi connectivity index (χ4v) is 1.15. The Hall–Kier alpha value is -0.790. The van der Waals surface area contributed by atoms with Gasteiger partial charge in [-0.25, -0.2) is 0 Å². The van der Waals surface area contributed by atoms with Gasteiger partial charge in [0.1, 0.15) is 6.67 Å². The van der Waals surface area contributed by atoms with Gasteiger partial charge in [0.2, 0.25) is 0 Å². The van der Waals surface area contributed by atoms with Crippen molar-refractivity contribution in [1.82, 2.24) is 4.90 Å². The van der Waals surface area contributed by atoms with Gasteiger partial charge in [-0.1, -0.05) is 6.08 Å². The van der Waals surface area contributed by atoms with Crippen LogP contribution in [0.4, 0.5) is 0 Å². The Bertz CT molecular complexity index is 158. The van der Waals surface area contributed by atoms with E-state index in [1.54, 1.807) is 0 Å². The van der Waals surface area contributed by atoms with Gasteiger partial charge in [-0.2, -0.15) is 0 Å². The molecule has 0 aromatic rings. The van der Waals surface area contributed by atoms with Crippen molar-refractivity contribution in [1.29, 1.82) is 0 Å². The highest BCUT2D eigenvalue weighted by Gasteiger charge is 2.15. The van der Waals surface area contributed by atoms with E-state index in [-0.39, 0.29) is 0 Å². The van der Waals surface area contributed by atoms with Crippen molar-refractivity contribution >= 4 is 6.21 Å². The summed E-state index contributed by atoms with van der Waals surface area (Å²) < 4.78 is 0. The van der Waals surface area contributed by atoms with E-state index in [0.717, 1.165) is 6.67 Å². The minimum absolute atomic E-state index is 0.895. The number of hydrogen-bond acceptors (Lipinski definition) is 2. The molecule has 2 heteroatoms. The maximum Gasteiger partial charge on any atom is 0.110 e. The molecule has 0 aromatic carbocycles. The molecule has 0 atom stereocenters. The van der Waals surface area contributed by atoms with Gasteiger partial charge < -0.3 is 4.90 Å². The second-order valence-electron chi connectivity index (χ2n) is 2.13. The minimum atomic E-state index is 0.895. The molecule has 0 unspecified atom stereocenters. The van der Waals surface area contributed by atoms with E-state index in [9.17, 15) is 0 Å². The largest absolute Gasteiger partial charge is 0.351 e. The van der Waals surface area contributed by atoms with Crippen LogP contribution in [0.25, 0.3) is 0 Å². The summed E-state index contributed by atoms with van der Waals surface area (Å²) in [5, 5.41) is 0. The smallest absolute Gasteiger partial charge is 0.110 e. The van der Waals surface area contributed by atoms with Crippen LogP contribution >= 0.6 is 0 Å². The molecular weight excluding hydrogens is 100 g/mol. The molecule has 0 aliphatic carbocycles. The molecule has 42 valence electrons. The lowest BCUT2D eigenvalue weighted by Gasteiger charge is -2.09. The van der Waals surface area contributed by atoms with Crippen molar-refractivity contribution in [2.75, 3.05) is 13.2 Å².